The van der Waals surface area contributed by atoms with Crippen LogP contribution in [0, 0.1) is 0 Å². The molecule has 1 aromatic rings. The molecule has 2 rings (SSSR count). The van der Waals surface area contributed by atoms with Gasteiger partial charge < -0.3 is 15.4 Å². The maximum absolute atomic E-state index is 12.1. The first-order valence-corrected chi connectivity index (χ1v) is 6.71. The average molecular weight is 284 g/mol. The Kier molecular flexibility index (Phi) is 5.29. The number of halogens is 2. The summed E-state index contributed by atoms with van der Waals surface area (Å²) in [7, 11) is 0. The molecule has 0 aromatic heterocycles. The van der Waals surface area contributed by atoms with Gasteiger partial charge in [0.25, 0.3) is 0 Å². The molecule has 1 aliphatic carbocycles. The van der Waals surface area contributed by atoms with E-state index < -0.39 is 6.61 Å². The second-order valence-electron chi connectivity index (χ2n) is 4.82. The van der Waals surface area contributed by atoms with E-state index in [4.69, 9.17) is 0 Å². The van der Waals surface area contributed by atoms with Gasteiger partial charge in [0, 0.05) is 17.8 Å². The first-order valence-electron chi connectivity index (χ1n) is 6.71. The smallest absolute Gasteiger partial charge is 0.387 e. The number of amides is 1. The molecule has 20 heavy (non-hydrogen) atoms. The number of carbonyl (C=O) groups is 1. The molecule has 0 atom stereocenters. The van der Waals surface area contributed by atoms with Crippen molar-refractivity contribution in [2.24, 2.45) is 0 Å². The molecular formula is C14H18F2N2O2. The third-order valence-corrected chi connectivity index (χ3v) is 3.25. The molecule has 0 heterocycles. The topological polar surface area (TPSA) is 50.4 Å². The van der Waals surface area contributed by atoms with E-state index in [1.165, 1.54) is 25.0 Å². The maximum Gasteiger partial charge on any atom is 0.387 e. The van der Waals surface area contributed by atoms with Crippen LogP contribution in [0.5, 0.6) is 5.75 Å². The van der Waals surface area contributed by atoms with Crippen molar-refractivity contribution in [3.05, 3.63) is 24.3 Å². The summed E-state index contributed by atoms with van der Waals surface area (Å²) in [5.74, 6) is -0.160. The molecule has 4 nitrogen and oxygen atoms in total. The Morgan fingerprint density at radius 1 is 1.35 bits per heavy atom. The highest BCUT2D eigenvalue weighted by atomic mass is 19.3. The Labute approximate surface area is 116 Å². The quantitative estimate of drug-likeness (QED) is 0.844. The number of hydrogen-bond acceptors (Lipinski definition) is 3. The number of nitrogens with one attached hydrogen (secondary N) is 2. The molecule has 1 fully saturated rings. The van der Waals surface area contributed by atoms with Crippen molar-refractivity contribution in [1.29, 1.82) is 0 Å². The minimum Gasteiger partial charge on any atom is -0.435 e. The minimum absolute atomic E-state index is 0.0292. The summed E-state index contributed by atoms with van der Waals surface area (Å²) < 4.78 is 28.5. The van der Waals surface area contributed by atoms with E-state index in [1.54, 1.807) is 12.1 Å². The van der Waals surface area contributed by atoms with Gasteiger partial charge in [0.05, 0.1) is 6.54 Å². The highest BCUT2D eigenvalue weighted by Crippen LogP contribution is 2.19. The summed E-state index contributed by atoms with van der Waals surface area (Å²) in [5, 5.41) is 5.84. The summed E-state index contributed by atoms with van der Waals surface area (Å²) in [5.41, 5.74) is 0.446. The monoisotopic (exact) mass is 284 g/mol. The molecule has 1 saturated carbocycles. The van der Waals surface area contributed by atoms with E-state index in [9.17, 15) is 13.6 Å². The molecule has 0 bridgehead atoms. The van der Waals surface area contributed by atoms with Gasteiger partial charge in [0.1, 0.15) is 5.75 Å². The first kappa shape index (κ1) is 14.7. The number of ether oxygens (including phenoxy) is 1. The van der Waals surface area contributed by atoms with Crippen molar-refractivity contribution in [3.8, 4) is 5.75 Å². The average Bonchev–Trinajstić information content (AvgIpc) is 2.89. The molecule has 0 radical (unpaired) electrons. The fraction of sp³-hybridized carbons (Fsp3) is 0.500. The van der Waals surface area contributed by atoms with Gasteiger partial charge >= 0.3 is 6.61 Å². The van der Waals surface area contributed by atoms with Gasteiger partial charge in [-0.3, -0.25) is 4.79 Å². The lowest BCUT2D eigenvalue weighted by Crippen LogP contribution is -2.34. The van der Waals surface area contributed by atoms with Gasteiger partial charge in [-0.1, -0.05) is 18.9 Å². The summed E-state index contributed by atoms with van der Waals surface area (Å²) in [4.78, 5) is 11.7. The van der Waals surface area contributed by atoms with E-state index in [1.807, 2.05) is 0 Å². The van der Waals surface area contributed by atoms with Gasteiger partial charge in [0.15, 0.2) is 0 Å². The van der Waals surface area contributed by atoms with Crippen molar-refractivity contribution < 1.29 is 18.3 Å². The van der Waals surface area contributed by atoms with Crippen LogP contribution in [0.15, 0.2) is 24.3 Å². The van der Waals surface area contributed by atoms with E-state index in [0.29, 0.717) is 11.7 Å². The predicted molar refractivity (Wildman–Crippen MR) is 72.0 cm³/mol. The number of anilines is 1. The molecule has 0 spiro atoms. The van der Waals surface area contributed by atoms with Crippen LogP contribution < -0.4 is 15.4 Å². The molecule has 1 aromatic carbocycles. The predicted octanol–water partition coefficient (Wildman–Crippen LogP) is 2.76. The standard InChI is InChI=1S/C14H18F2N2O2/c15-14(16)20-12-7-3-6-11(8-12)18-13(19)9-17-10-4-1-2-5-10/h3,6-8,10,14,17H,1-2,4-5,9H2,(H,18,19). The van der Waals surface area contributed by atoms with E-state index >= 15 is 0 Å². The summed E-state index contributed by atoms with van der Waals surface area (Å²) in [6.07, 6.45) is 4.61. The highest BCUT2D eigenvalue weighted by molar-refractivity contribution is 5.92. The Balaban J connectivity index is 1.80. The van der Waals surface area contributed by atoms with Crippen molar-refractivity contribution in [1.82, 2.24) is 5.32 Å². The first-order chi connectivity index (χ1) is 9.63. The summed E-state index contributed by atoms with van der Waals surface area (Å²) in [6, 6.07) is 6.39. The highest BCUT2D eigenvalue weighted by Gasteiger charge is 2.15. The number of carbonyl (C=O) groups excluding carboxylic acids is 1. The maximum atomic E-state index is 12.1. The van der Waals surface area contributed by atoms with Crippen LogP contribution in [0.25, 0.3) is 0 Å². The third kappa shape index (κ3) is 4.77. The molecule has 0 saturated heterocycles. The third-order valence-electron chi connectivity index (χ3n) is 3.25. The second-order valence-corrected chi connectivity index (χ2v) is 4.82. The number of benzene rings is 1. The van der Waals surface area contributed by atoms with Crippen LogP contribution in [0.1, 0.15) is 25.7 Å². The number of alkyl halides is 2. The normalized spacial score (nSPS) is 15.6. The largest absolute Gasteiger partial charge is 0.435 e. The molecule has 1 aliphatic rings. The zero-order valence-electron chi connectivity index (χ0n) is 11.1. The lowest BCUT2D eigenvalue weighted by atomic mass is 10.2. The lowest BCUT2D eigenvalue weighted by molar-refractivity contribution is -0.115. The van der Waals surface area contributed by atoms with Gasteiger partial charge in [-0.15, -0.1) is 0 Å². The SMILES string of the molecule is O=C(CNC1CCCC1)Nc1cccc(OC(F)F)c1. The Hall–Kier alpha value is -1.69. The van der Waals surface area contributed by atoms with Crippen LogP contribution in [-0.4, -0.2) is 25.1 Å². The van der Waals surface area contributed by atoms with Crippen LogP contribution in [-0.2, 0) is 4.79 Å². The van der Waals surface area contributed by atoms with Gasteiger partial charge in [-0.2, -0.15) is 8.78 Å². The van der Waals surface area contributed by atoms with E-state index in [0.717, 1.165) is 12.8 Å². The van der Waals surface area contributed by atoms with E-state index in [2.05, 4.69) is 15.4 Å². The van der Waals surface area contributed by atoms with Crippen molar-refractivity contribution in [2.75, 3.05) is 11.9 Å². The van der Waals surface area contributed by atoms with Gasteiger partial charge in [-0.05, 0) is 25.0 Å². The minimum atomic E-state index is -2.87. The molecule has 6 heteroatoms. The zero-order chi connectivity index (χ0) is 14.4. The molecule has 0 unspecified atom stereocenters. The van der Waals surface area contributed by atoms with Gasteiger partial charge in [-0.25, -0.2) is 0 Å². The Morgan fingerprint density at radius 2 is 2.10 bits per heavy atom. The Morgan fingerprint density at radius 3 is 2.80 bits per heavy atom. The summed E-state index contributed by atoms with van der Waals surface area (Å²) in [6.45, 7) is -2.64. The summed E-state index contributed by atoms with van der Waals surface area (Å²) >= 11 is 0. The van der Waals surface area contributed by atoms with Gasteiger partial charge in [0.2, 0.25) is 5.91 Å². The molecular weight excluding hydrogens is 266 g/mol. The fourth-order valence-electron chi connectivity index (χ4n) is 2.32. The van der Waals surface area contributed by atoms with Crippen LogP contribution in [0.4, 0.5) is 14.5 Å². The van der Waals surface area contributed by atoms with Crippen molar-refractivity contribution >= 4 is 11.6 Å². The number of hydrogen-bond donors (Lipinski definition) is 2. The van der Waals surface area contributed by atoms with Crippen molar-refractivity contribution in [3.63, 3.8) is 0 Å². The zero-order valence-corrected chi connectivity index (χ0v) is 11.1. The number of rotatable bonds is 6. The molecule has 110 valence electrons. The molecule has 1 amide bonds. The van der Waals surface area contributed by atoms with E-state index in [-0.39, 0.29) is 18.2 Å². The van der Waals surface area contributed by atoms with Crippen LogP contribution in [0.2, 0.25) is 0 Å². The molecule has 2 N–H and O–H groups in total. The van der Waals surface area contributed by atoms with Crippen LogP contribution in [0.3, 0.4) is 0 Å². The van der Waals surface area contributed by atoms with Crippen LogP contribution >= 0.6 is 0 Å². The second kappa shape index (κ2) is 7.19. The lowest BCUT2D eigenvalue weighted by Gasteiger charge is -2.12. The van der Waals surface area contributed by atoms with Crippen molar-refractivity contribution in [2.45, 2.75) is 38.3 Å². The Bertz CT molecular complexity index is 449. The fourth-order valence-corrected chi connectivity index (χ4v) is 2.32. The molecule has 0 aliphatic heterocycles.